The molecule has 0 bridgehead atoms. The molecule has 1 atom stereocenters. The van der Waals surface area contributed by atoms with Crippen molar-refractivity contribution >= 4 is 0 Å². The van der Waals surface area contributed by atoms with Crippen molar-refractivity contribution in [3.8, 4) is 5.75 Å². The zero-order chi connectivity index (χ0) is 14.4. The van der Waals surface area contributed by atoms with E-state index in [1.165, 1.54) is 5.56 Å². The highest BCUT2D eigenvalue weighted by Crippen LogP contribution is 2.13. The van der Waals surface area contributed by atoms with Gasteiger partial charge >= 0.3 is 0 Å². The van der Waals surface area contributed by atoms with Crippen LogP contribution in [0.25, 0.3) is 0 Å². The molecule has 0 spiro atoms. The summed E-state index contributed by atoms with van der Waals surface area (Å²) in [4.78, 5) is 4.86. The fraction of sp³-hybridized carbons (Fsp3) is 0.625. The van der Waals surface area contributed by atoms with Crippen LogP contribution in [-0.2, 0) is 0 Å². The van der Waals surface area contributed by atoms with Gasteiger partial charge in [0.2, 0.25) is 0 Å². The predicted molar refractivity (Wildman–Crippen MR) is 83.2 cm³/mol. The third-order valence-corrected chi connectivity index (χ3v) is 3.93. The van der Waals surface area contributed by atoms with Gasteiger partial charge in [-0.15, -0.1) is 0 Å². The monoisotopic (exact) mass is 277 g/mol. The van der Waals surface area contributed by atoms with Gasteiger partial charge in [0.05, 0.1) is 6.61 Å². The first-order valence-corrected chi connectivity index (χ1v) is 7.51. The number of likely N-dealkylation sites (N-methyl/N-ethyl adjacent to an activating group) is 1. The number of aryl methyl sites for hydroxylation is 1. The molecule has 4 heteroatoms. The van der Waals surface area contributed by atoms with Gasteiger partial charge in [-0.1, -0.05) is 12.1 Å². The van der Waals surface area contributed by atoms with Crippen LogP contribution in [0.2, 0.25) is 0 Å². The van der Waals surface area contributed by atoms with Gasteiger partial charge in [0.1, 0.15) is 5.75 Å². The molecule has 0 radical (unpaired) electrons. The van der Waals surface area contributed by atoms with Gasteiger partial charge in [0.15, 0.2) is 0 Å². The molecule has 0 aliphatic carbocycles. The van der Waals surface area contributed by atoms with E-state index in [9.17, 15) is 0 Å². The van der Waals surface area contributed by atoms with E-state index in [1.807, 2.05) is 12.1 Å². The van der Waals surface area contributed by atoms with Gasteiger partial charge in [-0.05, 0) is 38.1 Å². The number of hydrogen-bond donors (Lipinski definition) is 1. The van der Waals surface area contributed by atoms with Crippen molar-refractivity contribution in [3.05, 3.63) is 29.8 Å². The van der Waals surface area contributed by atoms with Gasteiger partial charge in [-0.25, -0.2) is 0 Å². The largest absolute Gasteiger partial charge is 0.494 e. The summed E-state index contributed by atoms with van der Waals surface area (Å²) in [7, 11) is 2.17. The van der Waals surface area contributed by atoms with Crippen LogP contribution in [0.15, 0.2) is 24.3 Å². The molecule has 4 nitrogen and oxygen atoms in total. The van der Waals surface area contributed by atoms with E-state index >= 15 is 0 Å². The predicted octanol–water partition coefficient (Wildman–Crippen LogP) is 1.34. The van der Waals surface area contributed by atoms with E-state index in [-0.39, 0.29) is 0 Å². The minimum atomic E-state index is 0.493. The minimum Gasteiger partial charge on any atom is -0.494 e. The van der Waals surface area contributed by atoms with Gasteiger partial charge in [0, 0.05) is 38.8 Å². The first-order valence-electron chi connectivity index (χ1n) is 7.51. The van der Waals surface area contributed by atoms with Crippen LogP contribution in [0, 0.1) is 6.92 Å². The SMILES string of the molecule is Cc1cccc(OCCCN2CCN(C)CC2CN)c1. The lowest BCUT2D eigenvalue weighted by Gasteiger charge is -2.39. The van der Waals surface area contributed by atoms with Crippen molar-refractivity contribution in [1.29, 1.82) is 0 Å². The summed E-state index contributed by atoms with van der Waals surface area (Å²) in [5, 5.41) is 0. The summed E-state index contributed by atoms with van der Waals surface area (Å²) in [6, 6.07) is 8.72. The zero-order valence-electron chi connectivity index (χ0n) is 12.7. The van der Waals surface area contributed by atoms with Crippen molar-refractivity contribution in [2.75, 3.05) is 46.4 Å². The van der Waals surface area contributed by atoms with Crippen molar-refractivity contribution in [1.82, 2.24) is 9.80 Å². The maximum atomic E-state index is 5.87. The second-order valence-corrected chi connectivity index (χ2v) is 5.71. The smallest absolute Gasteiger partial charge is 0.119 e. The Bertz CT molecular complexity index is 410. The summed E-state index contributed by atoms with van der Waals surface area (Å²) >= 11 is 0. The normalized spacial score (nSPS) is 21.1. The fourth-order valence-electron chi connectivity index (χ4n) is 2.73. The summed E-state index contributed by atoms with van der Waals surface area (Å²) < 4.78 is 5.80. The van der Waals surface area contributed by atoms with E-state index in [4.69, 9.17) is 10.5 Å². The summed E-state index contributed by atoms with van der Waals surface area (Å²) in [5.74, 6) is 0.971. The van der Waals surface area contributed by atoms with Crippen LogP contribution >= 0.6 is 0 Å². The fourth-order valence-corrected chi connectivity index (χ4v) is 2.73. The summed E-state index contributed by atoms with van der Waals surface area (Å²) in [6.45, 7) is 7.99. The van der Waals surface area contributed by atoms with Crippen LogP contribution < -0.4 is 10.5 Å². The van der Waals surface area contributed by atoms with E-state index < -0.39 is 0 Å². The van der Waals surface area contributed by atoms with E-state index in [2.05, 4.69) is 35.9 Å². The van der Waals surface area contributed by atoms with Crippen LogP contribution in [0.4, 0.5) is 0 Å². The van der Waals surface area contributed by atoms with Gasteiger partial charge in [0.25, 0.3) is 0 Å². The lowest BCUT2D eigenvalue weighted by Crippen LogP contribution is -2.55. The third-order valence-electron chi connectivity index (χ3n) is 3.93. The Morgan fingerprint density at radius 3 is 2.95 bits per heavy atom. The Morgan fingerprint density at radius 2 is 2.20 bits per heavy atom. The topological polar surface area (TPSA) is 41.7 Å². The standard InChI is InChI=1S/C16H27N3O/c1-14-5-3-6-16(11-14)20-10-4-7-19-9-8-18(2)13-15(19)12-17/h3,5-6,11,15H,4,7-10,12-13,17H2,1-2H3. The van der Waals surface area contributed by atoms with Crippen molar-refractivity contribution in [2.45, 2.75) is 19.4 Å². The number of benzene rings is 1. The Kier molecular flexibility index (Phi) is 5.83. The molecular weight excluding hydrogens is 250 g/mol. The maximum Gasteiger partial charge on any atom is 0.119 e. The first kappa shape index (κ1) is 15.3. The molecule has 0 saturated carbocycles. The molecule has 2 N–H and O–H groups in total. The number of hydrogen-bond acceptors (Lipinski definition) is 4. The molecule has 112 valence electrons. The average Bonchev–Trinajstić information content (AvgIpc) is 2.45. The number of ether oxygens (including phenoxy) is 1. The molecular formula is C16H27N3O. The summed E-state index contributed by atoms with van der Waals surface area (Å²) in [5.41, 5.74) is 7.11. The highest BCUT2D eigenvalue weighted by Gasteiger charge is 2.23. The Hall–Kier alpha value is -1.10. The molecule has 1 aromatic rings. The maximum absolute atomic E-state index is 5.87. The Balaban J connectivity index is 1.70. The van der Waals surface area contributed by atoms with Crippen molar-refractivity contribution in [3.63, 3.8) is 0 Å². The summed E-state index contributed by atoms with van der Waals surface area (Å²) in [6.07, 6.45) is 1.05. The molecule has 1 aliphatic rings. The number of nitrogens with zero attached hydrogens (tertiary/aromatic N) is 2. The van der Waals surface area contributed by atoms with E-state index in [0.717, 1.165) is 51.5 Å². The van der Waals surface area contributed by atoms with Crippen molar-refractivity contribution < 1.29 is 4.74 Å². The number of piperazine rings is 1. The molecule has 1 heterocycles. The van der Waals surface area contributed by atoms with Gasteiger partial charge in [-0.2, -0.15) is 0 Å². The van der Waals surface area contributed by atoms with Crippen LogP contribution in [0.1, 0.15) is 12.0 Å². The minimum absolute atomic E-state index is 0.493. The van der Waals surface area contributed by atoms with Crippen LogP contribution in [-0.4, -0.2) is 62.2 Å². The highest BCUT2D eigenvalue weighted by atomic mass is 16.5. The molecule has 0 amide bonds. The lowest BCUT2D eigenvalue weighted by molar-refractivity contribution is 0.0890. The molecule has 1 saturated heterocycles. The average molecular weight is 277 g/mol. The molecule has 1 aliphatic heterocycles. The Labute approximate surface area is 122 Å². The second kappa shape index (κ2) is 7.62. The highest BCUT2D eigenvalue weighted by molar-refractivity contribution is 5.27. The molecule has 20 heavy (non-hydrogen) atoms. The molecule has 1 aromatic carbocycles. The van der Waals surface area contributed by atoms with E-state index in [0.29, 0.717) is 6.04 Å². The van der Waals surface area contributed by atoms with Crippen molar-refractivity contribution in [2.24, 2.45) is 5.73 Å². The molecule has 1 unspecified atom stereocenters. The number of nitrogens with two attached hydrogens (primary N) is 1. The molecule has 2 rings (SSSR count). The quantitative estimate of drug-likeness (QED) is 0.797. The third kappa shape index (κ3) is 4.47. The van der Waals surface area contributed by atoms with Crippen LogP contribution in [0.5, 0.6) is 5.75 Å². The zero-order valence-corrected chi connectivity index (χ0v) is 12.7. The molecule has 0 aromatic heterocycles. The van der Waals surface area contributed by atoms with Gasteiger partial charge < -0.3 is 15.4 Å². The van der Waals surface area contributed by atoms with Crippen LogP contribution in [0.3, 0.4) is 0 Å². The number of rotatable bonds is 6. The first-order chi connectivity index (χ1) is 9.69. The lowest BCUT2D eigenvalue weighted by atomic mass is 10.1. The Morgan fingerprint density at radius 1 is 1.35 bits per heavy atom. The van der Waals surface area contributed by atoms with Gasteiger partial charge in [-0.3, -0.25) is 4.90 Å². The molecule has 1 fully saturated rings. The second-order valence-electron chi connectivity index (χ2n) is 5.71. The van der Waals surface area contributed by atoms with E-state index in [1.54, 1.807) is 0 Å².